The summed E-state index contributed by atoms with van der Waals surface area (Å²) < 4.78 is 10.5. The topological polar surface area (TPSA) is 67.9 Å². The second-order valence-electron chi connectivity index (χ2n) is 6.91. The molecule has 0 aliphatic carbocycles. The van der Waals surface area contributed by atoms with E-state index in [0.29, 0.717) is 35.1 Å². The highest BCUT2D eigenvalue weighted by molar-refractivity contribution is 6.34. The van der Waals surface area contributed by atoms with Crippen molar-refractivity contribution in [2.45, 2.75) is 45.4 Å². The molecule has 1 unspecified atom stereocenters. The number of amides is 2. The third kappa shape index (κ3) is 6.63. The van der Waals surface area contributed by atoms with Crippen LogP contribution in [0.15, 0.2) is 18.2 Å². The van der Waals surface area contributed by atoms with E-state index in [1.807, 2.05) is 0 Å². The minimum Gasteiger partial charge on any atom is -0.445 e. The number of carbonyl (C=O) groups is 2. The molecule has 0 radical (unpaired) electrons. The zero-order valence-corrected chi connectivity index (χ0v) is 16.0. The summed E-state index contributed by atoms with van der Waals surface area (Å²) in [5.74, 6) is 0. The Bertz CT molecular complexity index is 626. The summed E-state index contributed by atoms with van der Waals surface area (Å²) in [6, 6.07) is 4.85. The van der Waals surface area contributed by atoms with Crippen molar-refractivity contribution in [3.63, 3.8) is 0 Å². The van der Waals surface area contributed by atoms with Crippen LogP contribution >= 0.6 is 23.2 Å². The molecule has 8 heteroatoms. The fraction of sp³-hybridized carbons (Fsp3) is 0.529. The first-order valence-electron chi connectivity index (χ1n) is 7.98. The summed E-state index contributed by atoms with van der Waals surface area (Å²) in [5.41, 5.74) is 0.160. The maximum absolute atomic E-state index is 12.1. The lowest BCUT2D eigenvalue weighted by Gasteiger charge is -2.22. The normalized spacial score (nSPS) is 17.3. The molecule has 1 aromatic rings. The summed E-state index contributed by atoms with van der Waals surface area (Å²) >= 11 is 11.8. The van der Waals surface area contributed by atoms with Crippen LogP contribution in [-0.2, 0) is 16.1 Å². The number of alkyl carbamates (subject to hydrolysis) is 1. The Morgan fingerprint density at radius 3 is 2.48 bits per heavy atom. The summed E-state index contributed by atoms with van der Waals surface area (Å²) in [6.45, 7) is 6.37. The number of halogens is 2. The molecule has 2 amide bonds. The van der Waals surface area contributed by atoms with E-state index in [1.165, 1.54) is 0 Å². The number of carbonyl (C=O) groups excluding carboxylic acids is 2. The minimum absolute atomic E-state index is 0.0831. The van der Waals surface area contributed by atoms with Crippen LogP contribution < -0.4 is 5.32 Å². The van der Waals surface area contributed by atoms with Crippen LogP contribution in [0.4, 0.5) is 9.59 Å². The molecule has 1 aromatic carbocycles. The van der Waals surface area contributed by atoms with Gasteiger partial charge in [0, 0.05) is 23.1 Å². The highest BCUT2D eigenvalue weighted by Crippen LogP contribution is 2.20. The van der Waals surface area contributed by atoms with E-state index in [1.54, 1.807) is 43.9 Å². The molecule has 6 nitrogen and oxygen atoms in total. The molecule has 0 aromatic heterocycles. The van der Waals surface area contributed by atoms with Crippen LogP contribution in [-0.4, -0.2) is 41.8 Å². The predicted molar refractivity (Wildman–Crippen MR) is 96.0 cm³/mol. The number of hydrogen-bond donors (Lipinski definition) is 1. The smallest absolute Gasteiger partial charge is 0.410 e. The van der Waals surface area contributed by atoms with E-state index in [2.05, 4.69) is 5.32 Å². The largest absolute Gasteiger partial charge is 0.445 e. The molecule has 0 bridgehead atoms. The number of nitrogens with one attached hydrogen (secondary N) is 1. The van der Waals surface area contributed by atoms with E-state index in [9.17, 15) is 9.59 Å². The van der Waals surface area contributed by atoms with Gasteiger partial charge in [0.05, 0.1) is 6.04 Å². The summed E-state index contributed by atoms with van der Waals surface area (Å²) in [5, 5.41) is 3.74. The molecule has 1 aliphatic rings. The van der Waals surface area contributed by atoms with Crippen LogP contribution in [0.1, 0.15) is 32.8 Å². The van der Waals surface area contributed by atoms with Gasteiger partial charge >= 0.3 is 12.2 Å². The second-order valence-corrected chi connectivity index (χ2v) is 7.78. The molecule has 0 saturated carbocycles. The number of nitrogens with zero attached hydrogens (tertiary/aromatic N) is 1. The van der Waals surface area contributed by atoms with Crippen LogP contribution in [0.2, 0.25) is 10.0 Å². The molecule has 1 N–H and O–H groups in total. The van der Waals surface area contributed by atoms with Crippen molar-refractivity contribution < 1.29 is 19.1 Å². The monoisotopic (exact) mass is 388 g/mol. The molecular weight excluding hydrogens is 367 g/mol. The number of rotatable bonds is 3. The maximum Gasteiger partial charge on any atom is 0.410 e. The zero-order chi connectivity index (χ0) is 18.6. The van der Waals surface area contributed by atoms with Gasteiger partial charge in [0.15, 0.2) is 0 Å². The SMILES string of the molecule is CC(C)(C)OC(=O)NC1CCN(C(=O)OCc2cc(Cl)cc(Cl)c2)C1. The fourth-order valence-electron chi connectivity index (χ4n) is 2.45. The second kappa shape index (κ2) is 8.15. The van der Waals surface area contributed by atoms with E-state index in [4.69, 9.17) is 32.7 Å². The molecule has 138 valence electrons. The Hall–Kier alpha value is -1.66. The summed E-state index contributed by atoms with van der Waals surface area (Å²) in [7, 11) is 0. The first kappa shape index (κ1) is 19.7. The third-order valence-electron chi connectivity index (χ3n) is 3.45. The van der Waals surface area contributed by atoms with Gasteiger partial charge in [-0.05, 0) is 51.0 Å². The zero-order valence-electron chi connectivity index (χ0n) is 14.5. The fourth-order valence-corrected chi connectivity index (χ4v) is 3.02. The van der Waals surface area contributed by atoms with Crippen molar-refractivity contribution in [3.8, 4) is 0 Å². The third-order valence-corrected chi connectivity index (χ3v) is 3.89. The lowest BCUT2D eigenvalue weighted by Crippen LogP contribution is -2.41. The average Bonchev–Trinajstić information content (AvgIpc) is 2.90. The van der Waals surface area contributed by atoms with E-state index in [-0.39, 0.29) is 12.6 Å². The van der Waals surface area contributed by atoms with Gasteiger partial charge < -0.3 is 19.7 Å². The molecule has 1 saturated heterocycles. The molecule has 0 spiro atoms. The molecule has 2 rings (SSSR count). The van der Waals surface area contributed by atoms with Crippen LogP contribution in [0.25, 0.3) is 0 Å². The van der Waals surface area contributed by atoms with Gasteiger partial charge in [0.25, 0.3) is 0 Å². The van der Waals surface area contributed by atoms with Gasteiger partial charge in [0.2, 0.25) is 0 Å². The lowest BCUT2D eigenvalue weighted by molar-refractivity contribution is 0.0503. The number of benzene rings is 1. The predicted octanol–water partition coefficient (Wildman–Crippen LogP) is 4.23. The number of ether oxygens (including phenoxy) is 2. The van der Waals surface area contributed by atoms with Gasteiger partial charge in [-0.2, -0.15) is 0 Å². The highest BCUT2D eigenvalue weighted by Gasteiger charge is 2.29. The lowest BCUT2D eigenvalue weighted by atomic mass is 10.2. The quantitative estimate of drug-likeness (QED) is 0.840. The summed E-state index contributed by atoms with van der Waals surface area (Å²) in [4.78, 5) is 25.5. The van der Waals surface area contributed by atoms with Crippen molar-refractivity contribution in [3.05, 3.63) is 33.8 Å². The average molecular weight is 389 g/mol. The van der Waals surface area contributed by atoms with Gasteiger partial charge in [0.1, 0.15) is 12.2 Å². The van der Waals surface area contributed by atoms with Crippen molar-refractivity contribution in [2.24, 2.45) is 0 Å². The van der Waals surface area contributed by atoms with Crippen molar-refractivity contribution >= 4 is 35.4 Å². The van der Waals surface area contributed by atoms with Crippen LogP contribution in [0, 0.1) is 0 Å². The minimum atomic E-state index is -0.556. The Labute approximate surface area is 157 Å². The Balaban J connectivity index is 1.79. The Morgan fingerprint density at radius 2 is 1.88 bits per heavy atom. The van der Waals surface area contributed by atoms with Gasteiger partial charge in [-0.25, -0.2) is 9.59 Å². The first-order valence-corrected chi connectivity index (χ1v) is 8.74. The molecular formula is C17H22Cl2N2O4. The van der Waals surface area contributed by atoms with Gasteiger partial charge in [-0.15, -0.1) is 0 Å². The van der Waals surface area contributed by atoms with Gasteiger partial charge in [-0.3, -0.25) is 0 Å². The molecule has 1 heterocycles. The first-order chi connectivity index (χ1) is 11.6. The standard InChI is InChI=1S/C17H22Cl2N2O4/c1-17(2,3)25-15(22)20-14-4-5-21(9-14)16(23)24-10-11-6-12(18)8-13(19)7-11/h6-8,14H,4-5,9-10H2,1-3H3,(H,20,22). The Morgan fingerprint density at radius 1 is 1.24 bits per heavy atom. The molecule has 1 aliphatic heterocycles. The van der Waals surface area contributed by atoms with E-state index < -0.39 is 17.8 Å². The van der Waals surface area contributed by atoms with Gasteiger partial charge in [-0.1, -0.05) is 23.2 Å². The number of likely N-dealkylation sites (tertiary alicyclic amines) is 1. The van der Waals surface area contributed by atoms with Crippen molar-refractivity contribution in [1.29, 1.82) is 0 Å². The van der Waals surface area contributed by atoms with E-state index in [0.717, 1.165) is 0 Å². The molecule has 1 fully saturated rings. The van der Waals surface area contributed by atoms with Crippen LogP contribution in [0.5, 0.6) is 0 Å². The molecule has 1 atom stereocenters. The van der Waals surface area contributed by atoms with Crippen molar-refractivity contribution in [1.82, 2.24) is 10.2 Å². The van der Waals surface area contributed by atoms with E-state index >= 15 is 0 Å². The summed E-state index contributed by atoms with van der Waals surface area (Å²) in [6.07, 6.45) is -0.275. The molecule has 25 heavy (non-hydrogen) atoms. The van der Waals surface area contributed by atoms with Crippen LogP contribution in [0.3, 0.4) is 0 Å². The van der Waals surface area contributed by atoms with Crippen molar-refractivity contribution in [2.75, 3.05) is 13.1 Å². The Kier molecular flexibility index (Phi) is 6.41. The number of hydrogen-bond acceptors (Lipinski definition) is 4. The maximum atomic E-state index is 12.1. The highest BCUT2D eigenvalue weighted by atomic mass is 35.5.